The summed E-state index contributed by atoms with van der Waals surface area (Å²) in [6, 6.07) is 11.7. The van der Waals surface area contributed by atoms with Gasteiger partial charge in [0.05, 0.1) is 5.56 Å². The molecule has 0 aliphatic carbocycles. The van der Waals surface area contributed by atoms with Crippen molar-refractivity contribution < 1.29 is 26.3 Å². The fourth-order valence-corrected chi connectivity index (χ4v) is 3.80. The minimum Gasteiger partial charge on any atom is -0.206 e. The third kappa shape index (κ3) is 5.69. The van der Waals surface area contributed by atoms with E-state index >= 15 is 0 Å². The van der Waals surface area contributed by atoms with E-state index in [1.807, 2.05) is 13.0 Å². The number of benzene rings is 3. The van der Waals surface area contributed by atoms with Gasteiger partial charge < -0.3 is 0 Å². The molecule has 0 N–H and O–H groups in total. The fourth-order valence-electron chi connectivity index (χ4n) is 3.80. The Balaban J connectivity index is 1.88. The minimum absolute atomic E-state index is 0.000186. The molecule has 0 heterocycles. The average Bonchev–Trinajstić information content (AvgIpc) is 2.83. The topological polar surface area (TPSA) is 0 Å². The molecule has 0 aliphatic heterocycles. The Labute approximate surface area is 201 Å². The Morgan fingerprint density at radius 2 is 1.40 bits per heavy atom. The maximum Gasteiger partial charge on any atom is 0.342 e. The lowest BCUT2D eigenvalue weighted by molar-refractivity contribution is -0.225. The number of alkyl halides is 4. The van der Waals surface area contributed by atoms with Crippen LogP contribution in [-0.2, 0) is 24.7 Å². The molecule has 0 nitrogen and oxygen atoms in total. The standard InChI is InChI=1S/C29H26F6/c1-3-5-7-9-21-12-17-25(27(31)18-21)29(34,35)28(32,33)23-15-16-24(26(30)19-23)22-13-10-20(11-14-22)8-6-4-2/h3-5,10-19H,2,6-9H2,1H3/b5-3+. The molecule has 0 atom stereocenters. The van der Waals surface area contributed by atoms with Crippen LogP contribution in [0.3, 0.4) is 0 Å². The highest BCUT2D eigenvalue weighted by molar-refractivity contribution is 5.65. The second-order valence-electron chi connectivity index (χ2n) is 8.29. The van der Waals surface area contributed by atoms with E-state index in [0.29, 0.717) is 36.1 Å². The SMILES string of the molecule is C=CCCc1ccc(-c2ccc(C(F)(F)C(F)(F)c3ccc(CC/C=C/C)cc3F)cc2F)cc1. The molecule has 0 saturated carbocycles. The Kier molecular flexibility index (Phi) is 8.26. The van der Waals surface area contributed by atoms with Gasteiger partial charge in [0.2, 0.25) is 0 Å². The van der Waals surface area contributed by atoms with Crippen molar-refractivity contribution in [2.45, 2.75) is 44.5 Å². The van der Waals surface area contributed by atoms with Gasteiger partial charge in [-0.1, -0.05) is 60.7 Å². The average molecular weight is 489 g/mol. The van der Waals surface area contributed by atoms with Gasteiger partial charge in [-0.2, -0.15) is 17.6 Å². The first-order chi connectivity index (χ1) is 16.6. The lowest BCUT2D eigenvalue weighted by Crippen LogP contribution is -2.36. The molecular formula is C29H26F6. The third-order valence-corrected chi connectivity index (χ3v) is 5.84. The zero-order chi connectivity index (χ0) is 25.6. The quantitative estimate of drug-likeness (QED) is 0.197. The van der Waals surface area contributed by atoms with Crippen LogP contribution in [0.5, 0.6) is 0 Å². The number of hydrogen-bond acceptors (Lipinski definition) is 0. The smallest absolute Gasteiger partial charge is 0.206 e. The Morgan fingerprint density at radius 3 is 2.00 bits per heavy atom. The molecule has 0 saturated heterocycles. The lowest BCUT2D eigenvalue weighted by Gasteiger charge is -2.28. The Morgan fingerprint density at radius 1 is 0.743 bits per heavy atom. The van der Waals surface area contributed by atoms with Gasteiger partial charge in [-0.05, 0) is 67.5 Å². The molecule has 0 amide bonds. The van der Waals surface area contributed by atoms with Crippen LogP contribution in [0.4, 0.5) is 26.3 Å². The second kappa shape index (κ2) is 11.0. The van der Waals surface area contributed by atoms with Crippen LogP contribution in [0.25, 0.3) is 11.1 Å². The number of allylic oxidation sites excluding steroid dienone is 3. The van der Waals surface area contributed by atoms with Crippen LogP contribution in [0.1, 0.15) is 42.0 Å². The summed E-state index contributed by atoms with van der Waals surface area (Å²) in [5, 5.41) is 0. The van der Waals surface area contributed by atoms with Gasteiger partial charge >= 0.3 is 11.8 Å². The molecule has 3 aromatic rings. The van der Waals surface area contributed by atoms with Gasteiger partial charge in [-0.25, -0.2) is 8.78 Å². The molecule has 6 heteroatoms. The second-order valence-corrected chi connectivity index (χ2v) is 8.29. The molecule has 0 aromatic heterocycles. The number of rotatable bonds is 10. The number of aryl methyl sites for hydroxylation is 2. The van der Waals surface area contributed by atoms with E-state index in [1.165, 1.54) is 6.07 Å². The van der Waals surface area contributed by atoms with E-state index in [1.54, 1.807) is 36.4 Å². The van der Waals surface area contributed by atoms with Crippen LogP contribution in [0.15, 0.2) is 85.5 Å². The molecule has 0 radical (unpaired) electrons. The van der Waals surface area contributed by atoms with Crippen molar-refractivity contribution in [3.8, 4) is 11.1 Å². The summed E-state index contributed by atoms with van der Waals surface area (Å²) >= 11 is 0. The first kappa shape index (κ1) is 26.3. The van der Waals surface area contributed by atoms with Gasteiger partial charge in [0.15, 0.2) is 0 Å². The van der Waals surface area contributed by atoms with Crippen molar-refractivity contribution >= 4 is 0 Å². The summed E-state index contributed by atoms with van der Waals surface area (Å²) in [5.41, 5.74) is -0.841. The molecule has 0 fully saturated rings. The zero-order valence-corrected chi connectivity index (χ0v) is 19.3. The number of hydrogen-bond donors (Lipinski definition) is 0. The largest absolute Gasteiger partial charge is 0.342 e. The Bertz CT molecular complexity index is 1190. The van der Waals surface area contributed by atoms with Crippen molar-refractivity contribution in [2.75, 3.05) is 0 Å². The van der Waals surface area contributed by atoms with E-state index in [9.17, 15) is 26.3 Å². The summed E-state index contributed by atoms with van der Waals surface area (Å²) in [6.45, 7) is 5.46. The molecular weight excluding hydrogens is 462 g/mol. The molecule has 3 aromatic carbocycles. The Hall–Kier alpha value is -3.28. The van der Waals surface area contributed by atoms with Gasteiger partial charge in [0, 0.05) is 11.1 Å². The first-order valence-corrected chi connectivity index (χ1v) is 11.3. The maximum absolute atomic E-state index is 14.9. The molecule has 0 spiro atoms. The monoisotopic (exact) mass is 488 g/mol. The highest BCUT2D eigenvalue weighted by Crippen LogP contribution is 2.50. The molecule has 0 bridgehead atoms. The maximum atomic E-state index is 14.9. The van der Waals surface area contributed by atoms with Gasteiger partial charge in [0.25, 0.3) is 0 Å². The van der Waals surface area contributed by atoms with Gasteiger partial charge in [-0.3, -0.25) is 0 Å². The molecule has 0 unspecified atom stereocenters. The summed E-state index contributed by atoms with van der Waals surface area (Å²) in [5.74, 6) is -12.2. The van der Waals surface area contributed by atoms with Crippen LogP contribution in [-0.4, -0.2) is 0 Å². The summed E-state index contributed by atoms with van der Waals surface area (Å²) in [7, 11) is 0. The van der Waals surface area contributed by atoms with Crippen molar-refractivity contribution in [2.24, 2.45) is 0 Å². The fraction of sp³-hybridized carbons (Fsp3) is 0.241. The summed E-state index contributed by atoms with van der Waals surface area (Å²) < 4.78 is 88.9. The van der Waals surface area contributed by atoms with Gasteiger partial charge in [-0.15, -0.1) is 6.58 Å². The molecule has 3 rings (SSSR count). The predicted octanol–water partition coefficient (Wildman–Crippen LogP) is 9.14. The highest BCUT2D eigenvalue weighted by Gasteiger charge is 2.59. The van der Waals surface area contributed by atoms with E-state index in [-0.39, 0.29) is 5.56 Å². The number of halogens is 6. The highest BCUT2D eigenvalue weighted by atomic mass is 19.3. The van der Waals surface area contributed by atoms with Crippen LogP contribution in [0, 0.1) is 11.6 Å². The molecule has 0 aliphatic rings. The van der Waals surface area contributed by atoms with E-state index in [4.69, 9.17) is 0 Å². The zero-order valence-electron chi connectivity index (χ0n) is 19.3. The van der Waals surface area contributed by atoms with E-state index < -0.39 is 34.6 Å². The first-order valence-electron chi connectivity index (χ1n) is 11.3. The van der Waals surface area contributed by atoms with Crippen molar-refractivity contribution in [1.82, 2.24) is 0 Å². The predicted molar refractivity (Wildman–Crippen MR) is 128 cm³/mol. The summed E-state index contributed by atoms with van der Waals surface area (Å²) in [6.07, 6.45) is 7.85. The lowest BCUT2D eigenvalue weighted by atomic mass is 9.92. The van der Waals surface area contributed by atoms with E-state index in [2.05, 4.69) is 6.58 Å². The van der Waals surface area contributed by atoms with Crippen LogP contribution in [0.2, 0.25) is 0 Å². The van der Waals surface area contributed by atoms with Crippen molar-refractivity contribution in [3.05, 3.63) is 119 Å². The van der Waals surface area contributed by atoms with Gasteiger partial charge in [0.1, 0.15) is 11.6 Å². The third-order valence-electron chi connectivity index (χ3n) is 5.84. The minimum atomic E-state index is -4.89. The van der Waals surface area contributed by atoms with Crippen LogP contribution >= 0.6 is 0 Å². The van der Waals surface area contributed by atoms with Crippen LogP contribution < -0.4 is 0 Å². The summed E-state index contributed by atoms with van der Waals surface area (Å²) in [4.78, 5) is 0. The molecule has 184 valence electrons. The van der Waals surface area contributed by atoms with Crippen molar-refractivity contribution in [1.29, 1.82) is 0 Å². The van der Waals surface area contributed by atoms with Crippen molar-refractivity contribution in [3.63, 3.8) is 0 Å². The van der Waals surface area contributed by atoms with E-state index in [0.717, 1.165) is 36.6 Å². The normalized spacial score (nSPS) is 12.3. The molecule has 35 heavy (non-hydrogen) atoms.